The summed E-state index contributed by atoms with van der Waals surface area (Å²) in [6, 6.07) is 14.4. The highest BCUT2D eigenvalue weighted by Crippen LogP contribution is 2.40. The zero-order valence-electron chi connectivity index (χ0n) is 14.3. The summed E-state index contributed by atoms with van der Waals surface area (Å²) >= 11 is 0. The molecule has 2 aromatic rings. The van der Waals surface area contributed by atoms with Crippen molar-refractivity contribution < 1.29 is 14.2 Å². The van der Waals surface area contributed by atoms with Gasteiger partial charge in [-0.05, 0) is 18.2 Å². The second kappa shape index (κ2) is 8.44. The van der Waals surface area contributed by atoms with Crippen molar-refractivity contribution in [2.45, 2.75) is 20.0 Å². The fourth-order valence-corrected chi connectivity index (χ4v) is 2.65. The lowest BCUT2D eigenvalue weighted by Gasteiger charge is -2.23. The first-order valence-electron chi connectivity index (χ1n) is 7.77. The van der Waals surface area contributed by atoms with Gasteiger partial charge in [0.1, 0.15) is 0 Å². The Morgan fingerprint density at radius 3 is 2.04 bits per heavy atom. The van der Waals surface area contributed by atoms with Gasteiger partial charge in [-0.3, -0.25) is 4.90 Å². The van der Waals surface area contributed by atoms with E-state index >= 15 is 0 Å². The zero-order chi connectivity index (χ0) is 16.7. The molecule has 23 heavy (non-hydrogen) atoms. The smallest absolute Gasteiger partial charge is 0.203 e. The van der Waals surface area contributed by atoms with Gasteiger partial charge in [0, 0.05) is 18.7 Å². The molecule has 0 aliphatic heterocycles. The van der Waals surface area contributed by atoms with E-state index in [9.17, 15) is 0 Å². The van der Waals surface area contributed by atoms with Gasteiger partial charge in [0.15, 0.2) is 11.5 Å². The number of hydrogen-bond donors (Lipinski definition) is 0. The minimum absolute atomic E-state index is 0.642. The van der Waals surface area contributed by atoms with Gasteiger partial charge in [-0.25, -0.2) is 0 Å². The van der Waals surface area contributed by atoms with Crippen LogP contribution in [0.2, 0.25) is 0 Å². The Morgan fingerprint density at radius 1 is 0.783 bits per heavy atom. The number of rotatable bonds is 8. The van der Waals surface area contributed by atoms with Crippen LogP contribution in [-0.4, -0.2) is 32.8 Å². The number of methoxy groups -OCH3 is 3. The molecule has 2 aromatic carbocycles. The molecule has 4 heteroatoms. The Hall–Kier alpha value is -2.20. The maximum Gasteiger partial charge on any atom is 0.203 e. The van der Waals surface area contributed by atoms with Crippen molar-refractivity contribution in [2.24, 2.45) is 0 Å². The van der Waals surface area contributed by atoms with Crippen LogP contribution in [0.25, 0.3) is 0 Å². The molecule has 0 bridgehead atoms. The van der Waals surface area contributed by atoms with Gasteiger partial charge in [-0.1, -0.05) is 43.3 Å². The van der Waals surface area contributed by atoms with Crippen molar-refractivity contribution in [1.82, 2.24) is 4.90 Å². The predicted molar refractivity (Wildman–Crippen MR) is 92.3 cm³/mol. The molecule has 0 saturated carbocycles. The number of nitrogens with zero attached hydrogens (tertiary/aromatic N) is 1. The molecule has 0 unspecified atom stereocenters. The van der Waals surface area contributed by atoms with Gasteiger partial charge >= 0.3 is 0 Å². The summed E-state index contributed by atoms with van der Waals surface area (Å²) in [6.45, 7) is 4.80. The zero-order valence-corrected chi connectivity index (χ0v) is 14.3. The molecule has 0 aromatic heterocycles. The molecule has 4 nitrogen and oxygen atoms in total. The number of benzene rings is 2. The molecule has 0 spiro atoms. The second-order valence-electron chi connectivity index (χ2n) is 5.28. The molecule has 0 saturated heterocycles. The first-order chi connectivity index (χ1) is 11.2. The molecule has 0 radical (unpaired) electrons. The lowest BCUT2D eigenvalue weighted by molar-refractivity contribution is 0.262. The van der Waals surface area contributed by atoms with Crippen LogP contribution in [0.15, 0.2) is 42.5 Å². The third-order valence-electron chi connectivity index (χ3n) is 3.88. The van der Waals surface area contributed by atoms with E-state index in [1.54, 1.807) is 21.3 Å². The van der Waals surface area contributed by atoms with Gasteiger partial charge in [-0.2, -0.15) is 0 Å². The Balaban J connectivity index is 2.23. The number of ether oxygens (including phenoxy) is 3. The van der Waals surface area contributed by atoms with Gasteiger partial charge in [0.2, 0.25) is 5.75 Å². The van der Waals surface area contributed by atoms with E-state index in [-0.39, 0.29) is 0 Å². The van der Waals surface area contributed by atoms with Crippen molar-refractivity contribution in [1.29, 1.82) is 0 Å². The maximum absolute atomic E-state index is 5.57. The fraction of sp³-hybridized carbons (Fsp3) is 0.368. The molecule has 0 aliphatic rings. The molecular weight excluding hydrogens is 290 g/mol. The first kappa shape index (κ1) is 17.2. The Bertz CT molecular complexity index is 614. The summed E-state index contributed by atoms with van der Waals surface area (Å²) in [6.07, 6.45) is 0. The highest BCUT2D eigenvalue weighted by molar-refractivity contribution is 5.55. The van der Waals surface area contributed by atoms with Crippen LogP contribution in [0.1, 0.15) is 18.1 Å². The third kappa shape index (κ3) is 4.17. The molecule has 0 amide bonds. The summed E-state index contributed by atoms with van der Waals surface area (Å²) in [5.74, 6) is 2.06. The topological polar surface area (TPSA) is 30.9 Å². The van der Waals surface area contributed by atoms with Crippen LogP contribution in [0.3, 0.4) is 0 Å². The van der Waals surface area contributed by atoms with E-state index in [2.05, 4.69) is 36.1 Å². The summed E-state index contributed by atoms with van der Waals surface area (Å²) in [4.78, 5) is 2.36. The highest BCUT2D eigenvalue weighted by Gasteiger charge is 2.17. The molecule has 2 rings (SSSR count). The van der Waals surface area contributed by atoms with Crippen LogP contribution in [0.4, 0.5) is 0 Å². The van der Waals surface area contributed by atoms with Gasteiger partial charge in [0.05, 0.1) is 21.3 Å². The predicted octanol–water partition coefficient (Wildman–Crippen LogP) is 3.73. The standard InChI is InChI=1S/C19H25NO3/c1-5-20(13-15-9-7-6-8-10-15)14-16-11-12-17(21-2)19(23-4)18(16)22-3/h6-12H,5,13-14H2,1-4H3. The van der Waals surface area contributed by atoms with Crippen molar-refractivity contribution in [3.63, 3.8) is 0 Å². The monoisotopic (exact) mass is 315 g/mol. The van der Waals surface area contributed by atoms with E-state index in [4.69, 9.17) is 14.2 Å². The van der Waals surface area contributed by atoms with Gasteiger partial charge < -0.3 is 14.2 Å². The van der Waals surface area contributed by atoms with Crippen molar-refractivity contribution >= 4 is 0 Å². The minimum Gasteiger partial charge on any atom is -0.493 e. The molecule has 0 fully saturated rings. The van der Waals surface area contributed by atoms with Crippen LogP contribution in [0.5, 0.6) is 17.2 Å². The first-order valence-corrected chi connectivity index (χ1v) is 7.77. The van der Waals surface area contributed by atoms with E-state index in [0.29, 0.717) is 11.5 Å². The number of hydrogen-bond acceptors (Lipinski definition) is 4. The second-order valence-corrected chi connectivity index (χ2v) is 5.28. The van der Waals surface area contributed by atoms with Crippen LogP contribution in [0, 0.1) is 0 Å². The largest absolute Gasteiger partial charge is 0.493 e. The summed E-state index contributed by atoms with van der Waals surface area (Å²) < 4.78 is 16.4. The normalized spacial score (nSPS) is 10.7. The molecule has 0 atom stereocenters. The Kier molecular flexibility index (Phi) is 6.29. The van der Waals surface area contributed by atoms with Crippen molar-refractivity contribution in [2.75, 3.05) is 27.9 Å². The lowest BCUT2D eigenvalue weighted by Crippen LogP contribution is -2.22. The fourth-order valence-electron chi connectivity index (χ4n) is 2.65. The van der Waals surface area contributed by atoms with Gasteiger partial charge in [0.25, 0.3) is 0 Å². The van der Waals surface area contributed by atoms with E-state index in [1.165, 1.54) is 5.56 Å². The summed E-state index contributed by atoms with van der Waals surface area (Å²) in [7, 11) is 4.92. The van der Waals surface area contributed by atoms with Crippen LogP contribution < -0.4 is 14.2 Å². The molecular formula is C19H25NO3. The average Bonchev–Trinajstić information content (AvgIpc) is 2.61. The van der Waals surface area contributed by atoms with Crippen LogP contribution in [-0.2, 0) is 13.1 Å². The SMILES string of the molecule is CCN(Cc1ccccc1)Cc1ccc(OC)c(OC)c1OC. The van der Waals surface area contributed by atoms with Crippen molar-refractivity contribution in [3.05, 3.63) is 53.6 Å². The highest BCUT2D eigenvalue weighted by atomic mass is 16.5. The third-order valence-corrected chi connectivity index (χ3v) is 3.88. The molecule has 0 N–H and O–H groups in total. The summed E-state index contributed by atoms with van der Waals surface area (Å²) in [5.41, 5.74) is 2.39. The van der Waals surface area contributed by atoms with E-state index in [0.717, 1.165) is 30.9 Å². The molecule has 124 valence electrons. The van der Waals surface area contributed by atoms with E-state index in [1.807, 2.05) is 18.2 Å². The average molecular weight is 315 g/mol. The quantitative estimate of drug-likeness (QED) is 0.742. The van der Waals surface area contributed by atoms with Crippen LogP contribution >= 0.6 is 0 Å². The molecule has 0 aliphatic carbocycles. The summed E-state index contributed by atoms with van der Waals surface area (Å²) in [5, 5.41) is 0. The minimum atomic E-state index is 0.642. The Labute approximate surface area is 138 Å². The maximum atomic E-state index is 5.57. The van der Waals surface area contributed by atoms with Crippen molar-refractivity contribution in [3.8, 4) is 17.2 Å². The molecule has 0 heterocycles. The van der Waals surface area contributed by atoms with Gasteiger partial charge in [-0.15, -0.1) is 0 Å². The lowest BCUT2D eigenvalue weighted by atomic mass is 10.1. The van der Waals surface area contributed by atoms with E-state index < -0.39 is 0 Å². The Morgan fingerprint density at radius 2 is 1.48 bits per heavy atom.